The van der Waals surface area contributed by atoms with Crippen LogP contribution in [0, 0.1) is 6.92 Å². The van der Waals surface area contributed by atoms with Crippen molar-refractivity contribution in [2.75, 3.05) is 25.7 Å². The number of anilines is 1. The Hall–Kier alpha value is -2.93. The fraction of sp³-hybridized carbons (Fsp3) is 0.286. The van der Waals surface area contributed by atoms with Crippen LogP contribution in [0.15, 0.2) is 42.5 Å². The van der Waals surface area contributed by atoms with Gasteiger partial charge in [-0.05, 0) is 31.5 Å². The molecule has 1 heterocycles. The molecule has 0 N–H and O–H groups in total. The molecule has 0 fully saturated rings. The Morgan fingerprint density at radius 1 is 1.04 bits per heavy atom. The molecule has 0 spiro atoms. The van der Waals surface area contributed by atoms with Crippen molar-refractivity contribution in [1.29, 1.82) is 0 Å². The van der Waals surface area contributed by atoms with Crippen molar-refractivity contribution in [3.05, 3.63) is 53.6 Å². The SMILES string of the molecule is CCCN(C(=O)c1ccc(OC)c(OC)c1)c1nnc(-c2ccc(C)cc2)s1. The van der Waals surface area contributed by atoms with Gasteiger partial charge in [-0.3, -0.25) is 9.69 Å². The number of carbonyl (C=O) groups is 1. The van der Waals surface area contributed by atoms with E-state index < -0.39 is 0 Å². The maximum atomic E-state index is 13.2. The Balaban J connectivity index is 1.91. The minimum Gasteiger partial charge on any atom is -0.493 e. The lowest BCUT2D eigenvalue weighted by Gasteiger charge is -2.19. The number of hydrogen-bond acceptors (Lipinski definition) is 6. The lowest BCUT2D eigenvalue weighted by atomic mass is 10.1. The molecule has 3 rings (SSSR count). The summed E-state index contributed by atoms with van der Waals surface area (Å²) in [5.74, 6) is 0.954. The number of aromatic nitrogens is 2. The number of rotatable bonds is 7. The number of ether oxygens (including phenoxy) is 2. The zero-order chi connectivity index (χ0) is 20.1. The number of benzene rings is 2. The van der Waals surface area contributed by atoms with Gasteiger partial charge in [-0.1, -0.05) is 48.1 Å². The predicted molar refractivity (Wildman–Crippen MR) is 112 cm³/mol. The quantitative estimate of drug-likeness (QED) is 0.583. The summed E-state index contributed by atoms with van der Waals surface area (Å²) in [5.41, 5.74) is 2.69. The lowest BCUT2D eigenvalue weighted by molar-refractivity contribution is 0.0986. The molecule has 7 heteroatoms. The summed E-state index contributed by atoms with van der Waals surface area (Å²) in [6, 6.07) is 13.2. The van der Waals surface area contributed by atoms with Crippen LogP contribution in [0.5, 0.6) is 11.5 Å². The van der Waals surface area contributed by atoms with Gasteiger partial charge in [0.2, 0.25) is 5.13 Å². The molecule has 1 aromatic heterocycles. The summed E-state index contributed by atoms with van der Waals surface area (Å²) in [4.78, 5) is 14.8. The average Bonchev–Trinajstić information content (AvgIpc) is 3.21. The highest BCUT2D eigenvalue weighted by atomic mass is 32.1. The smallest absolute Gasteiger partial charge is 0.260 e. The summed E-state index contributed by atoms with van der Waals surface area (Å²) in [7, 11) is 3.12. The first-order valence-corrected chi connectivity index (χ1v) is 9.83. The van der Waals surface area contributed by atoms with Crippen LogP contribution < -0.4 is 14.4 Å². The Morgan fingerprint density at radius 3 is 2.39 bits per heavy atom. The highest BCUT2D eigenvalue weighted by molar-refractivity contribution is 7.18. The summed E-state index contributed by atoms with van der Waals surface area (Å²) >= 11 is 1.41. The van der Waals surface area contributed by atoms with E-state index in [2.05, 4.69) is 10.2 Å². The number of nitrogens with zero attached hydrogens (tertiary/aromatic N) is 3. The average molecular weight is 398 g/mol. The van der Waals surface area contributed by atoms with Crippen molar-refractivity contribution < 1.29 is 14.3 Å². The molecule has 0 aliphatic heterocycles. The molecule has 3 aromatic rings. The molecule has 0 saturated heterocycles. The fourth-order valence-electron chi connectivity index (χ4n) is 2.77. The zero-order valence-electron chi connectivity index (χ0n) is 16.4. The molecule has 6 nitrogen and oxygen atoms in total. The Kier molecular flexibility index (Phi) is 6.26. The second-order valence-electron chi connectivity index (χ2n) is 6.28. The molecule has 2 aromatic carbocycles. The minimum absolute atomic E-state index is 0.144. The van der Waals surface area contributed by atoms with Crippen molar-refractivity contribution in [1.82, 2.24) is 10.2 Å². The number of carbonyl (C=O) groups excluding carboxylic acids is 1. The zero-order valence-corrected chi connectivity index (χ0v) is 17.2. The molecule has 0 saturated carbocycles. The molecule has 0 atom stereocenters. The molecule has 0 aliphatic carbocycles. The largest absolute Gasteiger partial charge is 0.493 e. The second kappa shape index (κ2) is 8.84. The molecule has 0 bridgehead atoms. The van der Waals surface area contributed by atoms with E-state index in [4.69, 9.17) is 9.47 Å². The minimum atomic E-state index is -0.144. The van der Waals surface area contributed by atoms with Gasteiger partial charge in [-0.15, -0.1) is 10.2 Å². The first-order valence-electron chi connectivity index (χ1n) is 9.01. The van der Waals surface area contributed by atoms with Crippen LogP contribution >= 0.6 is 11.3 Å². The van der Waals surface area contributed by atoms with E-state index in [0.29, 0.717) is 28.7 Å². The highest BCUT2D eigenvalue weighted by Gasteiger charge is 2.22. The van der Waals surface area contributed by atoms with Crippen LogP contribution in [0.25, 0.3) is 10.6 Å². The van der Waals surface area contributed by atoms with E-state index in [0.717, 1.165) is 17.0 Å². The van der Waals surface area contributed by atoms with Gasteiger partial charge >= 0.3 is 0 Å². The molecule has 146 valence electrons. The summed E-state index contributed by atoms with van der Waals surface area (Å²) in [6.45, 7) is 4.62. The molecule has 0 aliphatic rings. The lowest BCUT2D eigenvalue weighted by Crippen LogP contribution is -2.31. The van der Waals surface area contributed by atoms with E-state index >= 15 is 0 Å². The number of amides is 1. The molecule has 0 radical (unpaired) electrons. The third kappa shape index (κ3) is 4.14. The highest BCUT2D eigenvalue weighted by Crippen LogP contribution is 2.32. The molecule has 0 unspecified atom stereocenters. The number of methoxy groups -OCH3 is 2. The van der Waals surface area contributed by atoms with Gasteiger partial charge in [0.1, 0.15) is 5.01 Å². The van der Waals surface area contributed by atoms with Crippen molar-refractivity contribution in [2.24, 2.45) is 0 Å². The van der Waals surface area contributed by atoms with Crippen LogP contribution in [0.4, 0.5) is 5.13 Å². The monoisotopic (exact) mass is 397 g/mol. The molecule has 1 amide bonds. The third-order valence-electron chi connectivity index (χ3n) is 4.27. The summed E-state index contributed by atoms with van der Waals surface area (Å²) in [5, 5.41) is 9.93. The first-order chi connectivity index (χ1) is 13.6. The molecular weight excluding hydrogens is 374 g/mol. The van der Waals surface area contributed by atoms with Crippen LogP contribution in [0.2, 0.25) is 0 Å². The van der Waals surface area contributed by atoms with Gasteiger partial charge in [0.15, 0.2) is 11.5 Å². The van der Waals surface area contributed by atoms with Gasteiger partial charge in [-0.2, -0.15) is 0 Å². The Morgan fingerprint density at radius 2 is 1.75 bits per heavy atom. The van der Waals surface area contributed by atoms with Crippen LogP contribution in [0.1, 0.15) is 29.3 Å². The van der Waals surface area contributed by atoms with E-state index in [1.807, 2.05) is 38.1 Å². The predicted octanol–water partition coefficient (Wildman–Crippen LogP) is 4.59. The maximum absolute atomic E-state index is 13.2. The molecular formula is C21H23N3O3S. The van der Waals surface area contributed by atoms with Gasteiger partial charge < -0.3 is 9.47 Å². The van der Waals surface area contributed by atoms with E-state index in [1.165, 1.54) is 16.9 Å². The van der Waals surface area contributed by atoms with Crippen LogP contribution in [-0.2, 0) is 0 Å². The summed E-state index contributed by atoms with van der Waals surface area (Å²) < 4.78 is 10.6. The van der Waals surface area contributed by atoms with Crippen molar-refractivity contribution in [3.63, 3.8) is 0 Å². The van der Waals surface area contributed by atoms with Gasteiger partial charge in [-0.25, -0.2) is 0 Å². The molecule has 28 heavy (non-hydrogen) atoms. The van der Waals surface area contributed by atoms with Crippen molar-refractivity contribution in [3.8, 4) is 22.1 Å². The van der Waals surface area contributed by atoms with E-state index in [9.17, 15) is 4.79 Å². The topological polar surface area (TPSA) is 64.6 Å². The van der Waals surface area contributed by atoms with Gasteiger partial charge in [0, 0.05) is 17.7 Å². The van der Waals surface area contributed by atoms with Crippen LogP contribution in [-0.4, -0.2) is 36.9 Å². The van der Waals surface area contributed by atoms with Gasteiger partial charge in [0.05, 0.1) is 14.2 Å². The van der Waals surface area contributed by atoms with Crippen molar-refractivity contribution >= 4 is 22.4 Å². The van der Waals surface area contributed by atoms with Gasteiger partial charge in [0.25, 0.3) is 5.91 Å². The maximum Gasteiger partial charge on any atom is 0.260 e. The Labute approximate surface area is 168 Å². The van der Waals surface area contributed by atoms with Crippen molar-refractivity contribution in [2.45, 2.75) is 20.3 Å². The van der Waals surface area contributed by atoms with E-state index in [1.54, 1.807) is 37.3 Å². The second-order valence-corrected chi connectivity index (χ2v) is 7.24. The Bertz CT molecular complexity index is 954. The number of aryl methyl sites for hydroxylation is 1. The normalized spacial score (nSPS) is 10.6. The number of hydrogen-bond donors (Lipinski definition) is 0. The first kappa shape index (κ1) is 19.8. The fourth-order valence-corrected chi connectivity index (χ4v) is 3.64. The van der Waals surface area contributed by atoms with E-state index in [-0.39, 0.29) is 5.91 Å². The standard InChI is InChI=1S/C21H23N3O3S/c1-5-12-24(20(25)16-10-11-17(26-3)18(13-16)27-4)21-23-22-19(28-21)15-8-6-14(2)7-9-15/h6-11,13H,5,12H2,1-4H3. The van der Waals surface area contributed by atoms with Crippen LogP contribution in [0.3, 0.4) is 0 Å². The summed E-state index contributed by atoms with van der Waals surface area (Å²) in [6.07, 6.45) is 0.804. The third-order valence-corrected chi connectivity index (χ3v) is 5.26.